The van der Waals surface area contributed by atoms with E-state index in [0.717, 1.165) is 32.6 Å². The van der Waals surface area contributed by atoms with Crippen LogP contribution in [0.25, 0.3) is 0 Å². The maximum Gasteiger partial charge on any atom is 0.234 e. The number of amides is 1. The number of nitrogens with one attached hydrogen (secondary N) is 2. The number of hydrogen-bond donors (Lipinski definition) is 2. The minimum Gasteiger partial charge on any atom is -0.355 e. The number of nitrogens with zero attached hydrogens (tertiary/aromatic N) is 1. The summed E-state index contributed by atoms with van der Waals surface area (Å²) in [5, 5.41) is 6.54. The second kappa shape index (κ2) is 10.2. The van der Waals surface area contributed by atoms with Gasteiger partial charge in [-0.05, 0) is 44.7 Å². The molecule has 0 radical (unpaired) electrons. The molecule has 0 spiro atoms. The Morgan fingerprint density at radius 2 is 2.10 bits per heavy atom. The molecule has 0 bridgehead atoms. The topological polar surface area (TPSA) is 44.4 Å². The molecule has 1 unspecified atom stereocenters. The molecular formula is C16H33N3O. The maximum atomic E-state index is 12.0. The van der Waals surface area contributed by atoms with E-state index in [1.165, 1.54) is 25.7 Å². The fraction of sp³-hybridized carbons (Fsp3) is 0.938. The Hall–Kier alpha value is -0.610. The third kappa shape index (κ3) is 7.25. The Morgan fingerprint density at radius 3 is 2.80 bits per heavy atom. The quantitative estimate of drug-likeness (QED) is 0.636. The molecule has 1 heterocycles. The van der Waals surface area contributed by atoms with Crippen molar-refractivity contribution >= 4 is 5.91 Å². The van der Waals surface area contributed by atoms with Crippen LogP contribution in [0.2, 0.25) is 0 Å². The zero-order valence-electron chi connectivity index (χ0n) is 13.6. The second-order valence-electron chi connectivity index (χ2n) is 6.36. The Bertz CT molecular complexity index is 268. The Balaban J connectivity index is 2.28. The van der Waals surface area contributed by atoms with Gasteiger partial charge in [0.2, 0.25) is 5.91 Å². The molecule has 0 aromatic rings. The lowest BCUT2D eigenvalue weighted by Gasteiger charge is -2.35. The summed E-state index contributed by atoms with van der Waals surface area (Å²) in [6.07, 6.45) is 5.97. The van der Waals surface area contributed by atoms with Crippen molar-refractivity contribution in [2.75, 3.05) is 32.7 Å². The molecule has 1 atom stereocenters. The fourth-order valence-corrected chi connectivity index (χ4v) is 2.69. The van der Waals surface area contributed by atoms with Crippen LogP contribution in [0.1, 0.15) is 52.9 Å². The Morgan fingerprint density at radius 1 is 1.30 bits per heavy atom. The summed E-state index contributed by atoms with van der Waals surface area (Å²) in [5.74, 6) is 0.837. The van der Waals surface area contributed by atoms with E-state index in [-0.39, 0.29) is 5.91 Å². The van der Waals surface area contributed by atoms with Gasteiger partial charge in [0.05, 0.1) is 6.54 Å². The normalized spacial score (nSPS) is 20.3. The van der Waals surface area contributed by atoms with Crippen LogP contribution in [-0.2, 0) is 4.79 Å². The van der Waals surface area contributed by atoms with Gasteiger partial charge < -0.3 is 10.6 Å². The van der Waals surface area contributed by atoms with E-state index in [1.54, 1.807) is 0 Å². The van der Waals surface area contributed by atoms with Crippen molar-refractivity contribution in [1.82, 2.24) is 15.5 Å². The van der Waals surface area contributed by atoms with Gasteiger partial charge in [-0.3, -0.25) is 9.69 Å². The summed E-state index contributed by atoms with van der Waals surface area (Å²) in [5.41, 5.74) is 0. The van der Waals surface area contributed by atoms with Crippen LogP contribution in [0.15, 0.2) is 0 Å². The summed E-state index contributed by atoms with van der Waals surface area (Å²) >= 11 is 0. The molecule has 1 saturated heterocycles. The van der Waals surface area contributed by atoms with E-state index < -0.39 is 0 Å². The van der Waals surface area contributed by atoms with E-state index in [1.807, 2.05) is 0 Å². The van der Waals surface area contributed by atoms with E-state index in [9.17, 15) is 4.79 Å². The van der Waals surface area contributed by atoms with Crippen LogP contribution in [-0.4, -0.2) is 49.6 Å². The molecule has 0 aromatic heterocycles. The molecule has 1 amide bonds. The molecule has 1 aliphatic heterocycles. The van der Waals surface area contributed by atoms with Crippen molar-refractivity contribution in [1.29, 1.82) is 0 Å². The van der Waals surface area contributed by atoms with Gasteiger partial charge in [-0.15, -0.1) is 0 Å². The summed E-state index contributed by atoms with van der Waals surface area (Å²) < 4.78 is 0. The van der Waals surface area contributed by atoms with Crippen molar-refractivity contribution in [2.45, 2.75) is 58.9 Å². The predicted octanol–water partition coefficient (Wildman–Crippen LogP) is 2.00. The average molecular weight is 283 g/mol. The second-order valence-corrected chi connectivity index (χ2v) is 6.36. The highest BCUT2D eigenvalue weighted by molar-refractivity contribution is 5.78. The fourth-order valence-electron chi connectivity index (χ4n) is 2.69. The molecular weight excluding hydrogens is 250 g/mol. The molecule has 20 heavy (non-hydrogen) atoms. The first-order valence-corrected chi connectivity index (χ1v) is 8.35. The van der Waals surface area contributed by atoms with Crippen molar-refractivity contribution in [2.24, 2.45) is 5.92 Å². The maximum absolute atomic E-state index is 12.0. The minimum absolute atomic E-state index is 0.188. The standard InChI is InChI=1S/C16H33N3O/c1-4-9-17-12-15-7-5-6-11-19(15)13-16(20)18-10-8-14(2)3/h14-15,17H,4-13H2,1-3H3,(H,18,20). The van der Waals surface area contributed by atoms with Gasteiger partial charge in [-0.1, -0.05) is 27.2 Å². The molecule has 2 N–H and O–H groups in total. The number of piperidine rings is 1. The summed E-state index contributed by atoms with van der Waals surface area (Å²) in [7, 11) is 0. The molecule has 0 aromatic carbocycles. The number of likely N-dealkylation sites (tertiary alicyclic amines) is 1. The van der Waals surface area contributed by atoms with E-state index in [4.69, 9.17) is 0 Å². The molecule has 118 valence electrons. The zero-order chi connectivity index (χ0) is 14.8. The van der Waals surface area contributed by atoms with Gasteiger partial charge in [0.1, 0.15) is 0 Å². The summed E-state index contributed by atoms with van der Waals surface area (Å²) in [4.78, 5) is 14.4. The lowest BCUT2D eigenvalue weighted by atomic mass is 10.0. The smallest absolute Gasteiger partial charge is 0.234 e. The molecule has 1 aliphatic rings. The van der Waals surface area contributed by atoms with Crippen molar-refractivity contribution in [3.8, 4) is 0 Å². The van der Waals surface area contributed by atoms with Crippen LogP contribution in [0.3, 0.4) is 0 Å². The van der Waals surface area contributed by atoms with Gasteiger partial charge in [-0.2, -0.15) is 0 Å². The van der Waals surface area contributed by atoms with Crippen molar-refractivity contribution in [3.63, 3.8) is 0 Å². The average Bonchev–Trinajstić information content (AvgIpc) is 2.40. The van der Waals surface area contributed by atoms with Gasteiger partial charge in [-0.25, -0.2) is 0 Å². The molecule has 0 saturated carbocycles. The van der Waals surface area contributed by atoms with Crippen LogP contribution in [0.4, 0.5) is 0 Å². The van der Waals surface area contributed by atoms with Crippen molar-refractivity contribution < 1.29 is 4.79 Å². The number of rotatable bonds is 9. The predicted molar refractivity (Wildman–Crippen MR) is 84.8 cm³/mol. The van der Waals surface area contributed by atoms with Crippen molar-refractivity contribution in [3.05, 3.63) is 0 Å². The first-order chi connectivity index (χ1) is 9.63. The third-order valence-corrected chi connectivity index (χ3v) is 3.95. The monoisotopic (exact) mass is 283 g/mol. The van der Waals surface area contributed by atoms with Crippen LogP contribution in [0.5, 0.6) is 0 Å². The molecule has 0 aliphatic carbocycles. The zero-order valence-corrected chi connectivity index (χ0v) is 13.6. The number of carbonyl (C=O) groups is 1. The summed E-state index contributed by atoms with van der Waals surface area (Å²) in [6.45, 7) is 11.1. The first kappa shape index (κ1) is 17.4. The van der Waals surface area contributed by atoms with Gasteiger partial charge in [0, 0.05) is 19.1 Å². The molecule has 4 nitrogen and oxygen atoms in total. The SMILES string of the molecule is CCCNCC1CCCCN1CC(=O)NCCC(C)C. The lowest BCUT2D eigenvalue weighted by molar-refractivity contribution is -0.123. The van der Waals surface area contributed by atoms with E-state index >= 15 is 0 Å². The molecule has 1 rings (SSSR count). The Kier molecular flexibility index (Phi) is 8.86. The number of hydrogen-bond acceptors (Lipinski definition) is 3. The summed E-state index contributed by atoms with van der Waals surface area (Å²) in [6, 6.07) is 0.533. The number of carbonyl (C=O) groups excluding carboxylic acids is 1. The lowest BCUT2D eigenvalue weighted by Crippen LogP contribution is -2.49. The minimum atomic E-state index is 0.188. The highest BCUT2D eigenvalue weighted by Gasteiger charge is 2.23. The van der Waals surface area contributed by atoms with E-state index in [0.29, 0.717) is 18.5 Å². The first-order valence-electron chi connectivity index (χ1n) is 8.35. The Labute approximate surface area is 124 Å². The van der Waals surface area contributed by atoms with Crippen LogP contribution in [0, 0.1) is 5.92 Å². The van der Waals surface area contributed by atoms with Crippen LogP contribution < -0.4 is 10.6 Å². The van der Waals surface area contributed by atoms with Gasteiger partial charge in [0.25, 0.3) is 0 Å². The van der Waals surface area contributed by atoms with Gasteiger partial charge >= 0.3 is 0 Å². The third-order valence-electron chi connectivity index (χ3n) is 3.95. The van der Waals surface area contributed by atoms with E-state index in [2.05, 4.69) is 36.3 Å². The van der Waals surface area contributed by atoms with Crippen LogP contribution >= 0.6 is 0 Å². The molecule has 4 heteroatoms. The van der Waals surface area contributed by atoms with Gasteiger partial charge in [0.15, 0.2) is 0 Å². The highest BCUT2D eigenvalue weighted by Crippen LogP contribution is 2.15. The molecule has 1 fully saturated rings. The highest BCUT2D eigenvalue weighted by atomic mass is 16.2. The largest absolute Gasteiger partial charge is 0.355 e.